The van der Waals surface area contributed by atoms with Gasteiger partial charge >= 0.3 is 17.9 Å². The molecule has 0 heterocycles. The second kappa shape index (κ2) is 60.1. The topological polar surface area (TPSA) is 78.9 Å². The summed E-state index contributed by atoms with van der Waals surface area (Å²) in [5, 5.41) is 0. The monoisotopic (exact) mass is 1000 g/mol. The lowest BCUT2D eigenvalue weighted by Crippen LogP contribution is -2.30. The smallest absolute Gasteiger partial charge is 0.306 e. The Morgan fingerprint density at radius 2 is 0.542 bits per heavy atom. The summed E-state index contributed by atoms with van der Waals surface area (Å²) in [6.07, 6.45) is 78.6. The quantitative estimate of drug-likeness (QED) is 0.0261. The lowest BCUT2D eigenvalue weighted by molar-refractivity contribution is -0.167. The Morgan fingerprint density at radius 1 is 0.292 bits per heavy atom. The Balaban J connectivity index is 4.43. The van der Waals surface area contributed by atoms with Crippen molar-refractivity contribution in [2.45, 2.75) is 303 Å². The second-order valence-corrected chi connectivity index (χ2v) is 20.2. The maximum Gasteiger partial charge on any atom is 0.306 e. The predicted octanol–water partition coefficient (Wildman–Crippen LogP) is 20.7. The first-order chi connectivity index (χ1) is 35.5. The van der Waals surface area contributed by atoms with E-state index in [1.165, 1.54) is 148 Å². The van der Waals surface area contributed by atoms with Gasteiger partial charge in [0.2, 0.25) is 0 Å². The van der Waals surface area contributed by atoms with E-state index in [-0.39, 0.29) is 31.1 Å². The fraction of sp³-hybridized carbons (Fsp3) is 0.742. The van der Waals surface area contributed by atoms with Crippen LogP contribution >= 0.6 is 0 Å². The second-order valence-electron chi connectivity index (χ2n) is 20.2. The highest BCUT2D eigenvalue weighted by Crippen LogP contribution is 2.15. The molecule has 0 saturated carbocycles. The first kappa shape index (κ1) is 68.6. The summed E-state index contributed by atoms with van der Waals surface area (Å²) in [4.78, 5) is 38.3. The molecule has 6 nitrogen and oxygen atoms in total. The zero-order valence-corrected chi connectivity index (χ0v) is 47.4. The molecule has 0 amide bonds. The van der Waals surface area contributed by atoms with Gasteiger partial charge in [0, 0.05) is 19.3 Å². The van der Waals surface area contributed by atoms with Crippen molar-refractivity contribution in [2.75, 3.05) is 13.2 Å². The van der Waals surface area contributed by atoms with Crippen LogP contribution in [0.1, 0.15) is 297 Å². The third kappa shape index (κ3) is 57.5. The molecule has 0 fully saturated rings. The van der Waals surface area contributed by atoms with Crippen molar-refractivity contribution in [3.05, 3.63) is 85.1 Å². The van der Waals surface area contributed by atoms with Gasteiger partial charge in [-0.1, -0.05) is 247 Å². The number of ether oxygens (including phenoxy) is 3. The van der Waals surface area contributed by atoms with Crippen molar-refractivity contribution >= 4 is 17.9 Å². The van der Waals surface area contributed by atoms with Crippen molar-refractivity contribution in [3.8, 4) is 0 Å². The summed E-state index contributed by atoms with van der Waals surface area (Å²) in [6, 6.07) is 0. The fourth-order valence-corrected chi connectivity index (χ4v) is 8.52. The van der Waals surface area contributed by atoms with E-state index >= 15 is 0 Å². The minimum Gasteiger partial charge on any atom is -0.462 e. The van der Waals surface area contributed by atoms with Crippen LogP contribution in [0.5, 0.6) is 0 Å². The van der Waals surface area contributed by atoms with Gasteiger partial charge < -0.3 is 14.2 Å². The number of rotatable bonds is 55. The number of hydrogen-bond acceptors (Lipinski definition) is 6. The van der Waals surface area contributed by atoms with E-state index in [1.807, 2.05) is 0 Å². The molecule has 1 atom stereocenters. The minimum absolute atomic E-state index is 0.0882. The van der Waals surface area contributed by atoms with Crippen LogP contribution in [0.15, 0.2) is 85.1 Å². The number of hydrogen-bond donors (Lipinski definition) is 0. The van der Waals surface area contributed by atoms with E-state index in [9.17, 15) is 14.4 Å². The van der Waals surface area contributed by atoms with Gasteiger partial charge in [-0.3, -0.25) is 14.4 Å². The predicted molar refractivity (Wildman–Crippen MR) is 311 cm³/mol. The Labute approximate surface area is 445 Å². The third-order valence-corrected chi connectivity index (χ3v) is 13.1. The molecule has 72 heavy (non-hydrogen) atoms. The van der Waals surface area contributed by atoms with Gasteiger partial charge in [-0.25, -0.2) is 0 Å². The van der Waals surface area contributed by atoms with Crippen LogP contribution in [-0.4, -0.2) is 37.2 Å². The van der Waals surface area contributed by atoms with E-state index in [2.05, 4.69) is 106 Å². The molecule has 0 aliphatic rings. The molecule has 1 unspecified atom stereocenters. The highest BCUT2D eigenvalue weighted by atomic mass is 16.6. The number of carbonyl (C=O) groups excluding carboxylic acids is 3. The van der Waals surface area contributed by atoms with Crippen LogP contribution in [0.4, 0.5) is 0 Å². The first-order valence-electron chi connectivity index (χ1n) is 30.6. The number of esters is 3. The van der Waals surface area contributed by atoms with Crippen LogP contribution in [0, 0.1) is 0 Å². The van der Waals surface area contributed by atoms with Crippen LogP contribution < -0.4 is 0 Å². The Bertz CT molecular complexity index is 1380. The highest BCUT2D eigenvalue weighted by Gasteiger charge is 2.19. The van der Waals surface area contributed by atoms with E-state index in [4.69, 9.17) is 14.2 Å². The van der Waals surface area contributed by atoms with Gasteiger partial charge in [0.15, 0.2) is 6.10 Å². The lowest BCUT2D eigenvalue weighted by atomic mass is 10.1. The average molecular weight is 1000 g/mol. The van der Waals surface area contributed by atoms with Crippen LogP contribution in [-0.2, 0) is 28.6 Å². The minimum atomic E-state index is -0.793. The molecule has 0 aromatic rings. The molecule has 0 bridgehead atoms. The summed E-state index contributed by atoms with van der Waals surface area (Å²) >= 11 is 0. The van der Waals surface area contributed by atoms with Gasteiger partial charge in [0.25, 0.3) is 0 Å². The molecule has 0 spiro atoms. The Hall–Kier alpha value is -3.41. The van der Waals surface area contributed by atoms with Gasteiger partial charge in [0.1, 0.15) is 13.2 Å². The fourth-order valence-electron chi connectivity index (χ4n) is 8.52. The molecule has 0 aromatic carbocycles. The zero-order chi connectivity index (χ0) is 52.2. The SMILES string of the molecule is CC/C=C\C/C=C\C/C=C\C/C=C\CCCCCCC(=O)OCC(COC(=O)CCCCCCCCCCC/C=C\CCCCCCCC)OC(=O)CCCCCCCCC/C=C\C/C=C\CCCCCC. The van der Waals surface area contributed by atoms with E-state index < -0.39 is 6.10 Å². The zero-order valence-electron chi connectivity index (χ0n) is 47.4. The first-order valence-corrected chi connectivity index (χ1v) is 30.6. The van der Waals surface area contributed by atoms with Gasteiger partial charge in [0.05, 0.1) is 0 Å². The third-order valence-electron chi connectivity index (χ3n) is 13.1. The van der Waals surface area contributed by atoms with Gasteiger partial charge in [-0.2, -0.15) is 0 Å². The largest absolute Gasteiger partial charge is 0.462 e. The standard InChI is InChI=1S/C66H114O6/c1-4-7-10-13-16-19-22-25-28-31-33-36-38-41-44-47-50-53-56-59-65(68)71-62-63(61-70-64(67)58-55-52-49-46-43-40-37-34-30-27-24-21-18-15-12-9-6-3)72-66(69)60-57-54-51-48-45-42-39-35-32-29-26-23-20-17-14-11-8-5-2/h9,12,18,20-21,23,25,27-30,32,37,40,63H,4-8,10-11,13-17,19,22,24,26,31,33-36,38-39,41-62H2,1-3H3/b12-9-,21-18-,23-20-,28-25-,30-27-,32-29-,40-37-. The summed E-state index contributed by atoms with van der Waals surface area (Å²) in [5.74, 6) is -0.913. The number of allylic oxidation sites excluding steroid dienone is 14. The van der Waals surface area contributed by atoms with Gasteiger partial charge in [-0.15, -0.1) is 0 Å². The van der Waals surface area contributed by atoms with Crippen LogP contribution in [0.3, 0.4) is 0 Å². The lowest BCUT2D eigenvalue weighted by Gasteiger charge is -2.18. The van der Waals surface area contributed by atoms with Crippen LogP contribution in [0.25, 0.3) is 0 Å². The molecular weight excluding hydrogens is 889 g/mol. The van der Waals surface area contributed by atoms with E-state index in [1.54, 1.807) is 0 Å². The Kier molecular flexibility index (Phi) is 57.3. The molecule has 0 rings (SSSR count). The molecule has 0 radical (unpaired) electrons. The highest BCUT2D eigenvalue weighted by molar-refractivity contribution is 5.71. The summed E-state index contributed by atoms with van der Waals surface area (Å²) < 4.78 is 16.9. The van der Waals surface area contributed by atoms with Crippen molar-refractivity contribution in [1.29, 1.82) is 0 Å². The maximum absolute atomic E-state index is 12.9. The summed E-state index contributed by atoms with van der Waals surface area (Å²) in [7, 11) is 0. The van der Waals surface area contributed by atoms with Gasteiger partial charge in [-0.05, 0) is 116 Å². The molecule has 6 heteroatoms. The number of unbranched alkanes of at least 4 members (excludes halogenated alkanes) is 30. The van der Waals surface area contributed by atoms with Crippen molar-refractivity contribution < 1.29 is 28.6 Å². The molecule has 0 saturated heterocycles. The summed E-state index contributed by atoms with van der Waals surface area (Å²) in [6.45, 7) is 6.50. The average Bonchev–Trinajstić information content (AvgIpc) is 3.38. The normalized spacial score (nSPS) is 12.7. The van der Waals surface area contributed by atoms with Crippen molar-refractivity contribution in [2.24, 2.45) is 0 Å². The molecule has 0 N–H and O–H groups in total. The molecular formula is C66H114O6. The van der Waals surface area contributed by atoms with Crippen molar-refractivity contribution in [3.63, 3.8) is 0 Å². The van der Waals surface area contributed by atoms with Crippen LogP contribution in [0.2, 0.25) is 0 Å². The molecule has 0 aliphatic heterocycles. The van der Waals surface area contributed by atoms with Crippen molar-refractivity contribution in [1.82, 2.24) is 0 Å². The molecule has 0 aromatic heterocycles. The summed E-state index contributed by atoms with van der Waals surface area (Å²) in [5.41, 5.74) is 0. The Morgan fingerprint density at radius 3 is 0.875 bits per heavy atom. The molecule has 0 aliphatic carbocycles. The number of carbonyl (C=O) groups is 3. The van der Waals surface area contributed by atoms with E-state index in [0.717, 1.165) is 109 Å². The maximum atomic E-state index is 12.9. The van der Waals surface area contributed by atoms with E-state index in [0.29, 0.717) is 19.3 Å². The molecule has 414 valence electrons.